The van der Waals surface area contributed by atoms with Gasteiger partial charge in [-0.15, -0.1) is 5.10 Å². The van der Waals surface area contributed by atoms with Crippen molar-refractivity contribution < 1.29 is 0 Å². The van der Waals surface area contributed by atoms with E-state index in [0.29, 0.717) is 0 Å². The van der Waals surface area contributed by atoms with E-state index >= 15 is 0 Å². The molecular formula is C13H14Br3N3. The molecule has 0 N–H and O–H groups in total. The summed E-state index contributed by atoms with van der Waals surface area (Å²) >= 11 is 10.8. The standard InChI is InChI=1S/C13H14Br3N3/c1-19-7-12(17-18-19)6-13(8-14,9-15)10-2-4-11(16)5-3-10/h2-5,7H,6,8-9H2,1H3. The third kappa shape index (κ3) is 3.47. The summed E-state index contributed by atoms with van der Waals surface area (Å²) in [4.78, 5) is 0. The van der Waals surface area contributed by atoms with Crippen LogP contribution in [0.3, 0.4) is 0 Å². The highest BCUT2D eigenvalue weighted by atomic mass is 79.9. The molecule has 1 aromatic carbocycles. The lowest BCUT2D eigenvalue weighted by Crippen LogP contribution is -2.33. The van der Waals surface area contributed by atoms with Crippen LogP contribution in [0.1, 0.15) is 11.3 Å². The van der Waals surface area contributed by atoms with E-state index in [-0.39, 0.29) is 5.41 Å². The van der Waals surface area contributed by atoms with Crippen LogP contribution in [0, 0.1) is 0 Å². The summed E-state index contributed by atoms with van der Waals surface area (Å²) in [5, 5.41) is 9.94. The van der Waals surface area contributed by atoms with Gasteiger partial charge in [-0.25, -0.2) is 0 Å². The van der Waals surface area contributed by atoms with E-state index < -0.39 is 0 Å². The number of aryl methyl sites for hydroxylation is 1. The second-order valence-electron chi connectivity index (χ2n) is 4.61. The van der Waals surface area contributed by atoms with Crippen molar-refractivity contribution in [3.63, 3.8) is 0 Å². The van der Waals surface area contributed by atoms with Crippen molar-refractivity contribution in [1.82, 2.24) is 15.0 Å². The minimum Gasteiger partial charge on any atom is -0.255 e. The summed E-state index contributed by atoms with van der Waals surface area (Å²) < 4.78 is 2.83. The number of hydrogen-bond acceptors (Lipinski definition) is 2. The van der Waals surface area contributed by atoms with Gasteiger partial charge in [0, 0.05) is 40.2 Å². The lowest BCUT2D eigenvalue weighted by atomic mass is 9.80. The molecule has 6 heteroatoms. The lowest BCUT2D eigenvalue weighted by molar-refractivity contribution is 0.542. The summed E-state index contributed by atoms with van der Waals surface area (Å²) in [6, 6.07) is 8.46. The predicted molar refractivity (Wildman–Crippen MR) is 88.1 cm³/mol. The molecule has 0 atom stereocenters. The smallest absolute Gasteiger partial charge is 0.0836 e. The summed E-state index contributed by atoms with van der Waals surface area (Å²) in [6.45, 7) is 0. The highest BCUT2D eigenvalue weighted by Gasteiger charge is 2.31. The first kappa shape index (κ1) is 15.2. The SMILES string of the molecule is Cn1cc(CC(CBr)(CBr)c2ccc(Br)cc2)nn1. The molecule has 0 saturated carbocycles. The Bertz CT molecular complexity index is 532. The van der Waals surface area contributed by atoms with Crippen LogP contribution < -0.4 is 0 Å². The molecule has 0 aliphatic carbocycles. The Hall–Kier alpha value is -0.200. The van der Waals surface area contributed by atoms with E-state index in [1.54, 1.807) is 4.68 Å². The van der Waals surface area contributed by atoms with Crippen molar-refractivity contribution in [2.45, 2.75) is 11.8 Å². The summed E-state index contributed by atoms with van der Waals surface area (Å²) in [6.07, 6.45) is 2.82. The zero-order valence-electron chi connectivity index (χ0n) is 10.5. The molecule has 0 radical (unpaired) electrons. The first-order chi connectivity index (χ1) is 9.09. The number of nitrogens with zero attached hydrogens (tertiary/aromatic N) is 3. The topological polar surface area (TPSA) is 30.7 Å². The van der Waals surface area contributed by atoms with Crippen LogP contribution in [0.25, 0.3) is 0 Å². The molecule has 0 unspecified atom stereocenters. The highest BCUT2D eigenvalue weighted by molar-refractivity contribution is 9.10. The average Bonchev–Trinajstić information content (AvgIpc) is 2.82. The van der Waals surface area contributed by atoms with Crippen molar-refractivity contribution in [3.8, 4) is 0 Å². The monoisotopic (exact) mass is 449 g/mol. The van der Waals surface area contributed by atoms with E-state index in [1.165, 1.54) is 5.56 Å². The Kier molecular flexibility index (Phi) is 5.20. The Balaban J connectivity index is 2.33. The van der Waals surface area contributed by atoms with Crippen molar-refractivity contribution in [1.29, 1.82) is 0 Å². The van der Waals surface area contributed by atoms with Gasteiger partial charge in [0.2, 0.25) is 0 Å². The molecule has 19 heavy (non-hydrogen) atoms. The van der Waals surface area contributed by atoms with Crippen molar-refractivity contribution in [2.75, 3.05) is 10.7 Å². The van der Waals surface area contributed by atoms with Crippen molar-refractivity contribution in [3.05, 3.63) is 46.2 Å². The van der Waals surface area contributed by atoms with E-state index in [4.69, 9.17) is 0 Å². The fraction of sp³-hybridized carbons (Fsp3) is 0.385. The average molecular weight is 452 g/mol. The minimum absolute atomic E-state index is 0.0171. The van der Waals surface area contributed by atoms with Crippen LogP contribution in [0.2, 0.25) is 0 Å². The van der Waals surface area contributed by atoms with Gasteiger partial charge >= 0.3 is 0 Å². The Morgan fingerprint density at radius 1 is 1.16 bits per heavy atom. The van der Waals surface area contributed by atoms with Gasteiger partial charge in [-0.3, -0.25) is 4.68 Å². The molecule has 0 saturated heterocycles. The molecule has 0 amide bonds. The summed E-state index contributed by atoms with van der Waals surface area (Å²) in [5.74, 6) is 0. The quantitative estimate of drug-likeness (QED) is 0.646. The van der Waals surface area contributed by atoms with Crippen LogP contribution in [-0.2, 0) is 18.9 Å². The highest BCUT2D eigenvalue weighted by Crippen LogP contribution is 2.33. The fourth-order valence-corrected chi connectivity index (χ4v) is 4.25. The number of halogens is 3. The molecule has 102 valence electrons. The third-order valence-corrected chi connectivity index (χ3v) is 5.81. The van der Waals surface area contributed by atoms with Crippen molar-refractivity contribution >= 4 is 47.8 Å². The van der Waals surface area contributed by atoms with Gasteiger partial charge in [0.1, 0.15) is 0 Å². The zero-order valence-corrected chi connectivity index (χ0v) is 15.2. The van der Waals surface area contributed by atoms with Gasteiger partial charge < -0.3 is 0 Å². The molecule has 0 bridgehead atoms. The van der Waals surface area contributed by atoms with Crippen LogP contribution in [0.4, 0.5) is 0 Å². The third-order valence-electron chi connectivity index (χ3n) is 3.14. The second-order valence-corrected chi connectivity index (χ2v) is 6.65. The van der Waals surface area contributed by atoms with Crippen molar-refractivity contribution in [2.24, 2.45) is 7.05 Å². The molecule has 0 spiro atoms. The number of hydrogen-bond donors (Lipinski definition) is 0. The maximum atomic E-state index is 4.20. The molecular weight excluding hydrogens is 438 g/mol. The number of aromatic nitrogens is 3. The van der Waals surface area contributed by atoms with E-state index in [1.807, 2.05) is 13.2 Å². The molecule has 0 aliphatic heterocycles. The van der Waals surface area contributed by atoms with E-state index in [2.05, 4.69) is 82.4 Å². The first-order valence-corrected chi connectivity index (χ1v) is 8.86. The van der Waals surface area contributed by atoms with E-state index in [0.717, 1.165) is 27.2 Å². The maximum Gasteiger partial charge on any atom is 0.0836 e. The first-order valence-electron chi connectivity index (χ1n) is 5.83. The molecule has 2 rings (SSSR count). The number of alkyl halides is 2. The normalized spacial score (nSPS) is 11.8. The molecule has 0 aliphatic rings. The molecule has 0 fully saturated rings. The molecule has 2 aromatic rings. The van der Waals surface area contributed by atoms with Gasteiger partial charge in [-0.1, -0.05) is 65.1 Å². The van der Waals surface area contributed by atoms with Gasteiger partial charge in [0.05, 0.1) is 5.69 Å². The Labute approximate surface area is 138 Å². The number of benzene rings is 1. The Morgan fingerprint density at radius 3 is 2.26 bits per heavy atom. The predicted octanol–water partition coefficient (Wildman–Crippen LogP) is 3.85. The lowest BCUT2D eigenvalue weighted by Gasteiger charge is -2.30. The van der Waals surface area contributed by atoms with Gasteiger partial charge in [0.15, 0.2) is 0 Å². The molecule has 1 heterocycles. The molecule has 1 aromatic heterocycles. The van der Waals surface area contributed by atoms with Gasteiger partial charge in [-0.2, -0.15) is 0 Å². The van der Waals surface area contributed by atoms with Crippen LogP contribution in [0.15, 0.2) is 34.9 Å². The van der Waals surface area contributed by atoms with Gasteiger partial charge in [0.25, 0.3) is 0 Å². The number of rotatable bonds is 5. The van der Waals surface area contributed by atoms with Crippen LogP contribution in [0.5, 0.6) is 0 Å². The van der Waals surface area contributed by atoms with Crippen LogP contribution >= 0.6 is 47.8 Å². The van der Waals surface area contributed by atoms with Crippen LogP contribution in [-0.4, -0.2) is 25.7 Å². The van der Waals surface area contributed by atoms with E-state index in [9.17, 15) is 0 Å². The summed E-state index contributed by atoms with van der Waals surface area (Å²) in [5.41, 5.74) is 2.27. The van der Waals surface area contributed by atoms with Gasteiger partial charge in [-0.05, 0) is 17.7 Å². The zero-order chi connectivity index (χ0) is 13.9. The maximum absolute atomic E-state index is 4.20. The second kappa shape index (κ2) is 6.50. The fourth-order valence-electron chi connectivity index (χ4n) is 2.01. The largest absolute Gasteiger partial charge is 0.255 e. The molecule has 3 nitrogen and oxygen atoms in total. The Morgan fingerprint density at radius 2 is 1.79 bits per heavy atom. The summed E-state index contributed by atoms with van der Waals surface area (Å²) in [7, 11) is 1.89. The minimum atomic E-state index is -0.0171.